The van der Waals surface area contributed by atoms with Crippen molar-refractivity contribution in [3.63, 3.8) is 0 Å². The molecule has 1 saturated heterocycles. The van der Waals surface area contributed by atoms with Crippen LogP contribution < -0.4 is 11.1 Å². The smallest absolute Gasteiger partial charge is 0.326 e. The van der Waals surface area contributed by atoms with E-state index in [1.807, 2.05) is 70.7 Å². The highest BCUT2D eigenvalue weighted by Crippen LogP contribution is 2.46. The maximum Gasteiger partial charge on any atom is 0.326 e. The molecular weight excluding hydrogens is 498 g/mol. The highest BCUT2D eigenvalue weighted by molar-refractivity contribution is 6.03. The molecule has 1 aromatic carbocycles. The molecule has 1 aliphatic heterocycles. The van der Waals surface area contributed by atoms with Gasteiger partial charge in [0.15, 0.2) is 6.23 Å². The van der Waals surface area contributed by atoms with Gasteiger partial charge in [-0.1, -0.05) is 63.9 Å². The number of aryl methyl sites for hydroxylation is 1. The van der Waals surface area contributed by atoms with E-state index in [1.54, 1.807) is 4.90 Å². The first kappa shape index (κ1) is 32.2. The number of nitrogens with zero attached hydrogens (tertiary/aromatic N) is 3. The standard InChI is InChI=1S/C29H47N5O5/c1-7-12-23(22-15-13-21(6)14-16-22)31-28(38)34-26(37)29(8-2,9-3)27(34)39-20-25(36)33(11-5)18-17-32(10-4)19-24(30)35/h13-16,23,27H,7-12,17-20H2,1-6H3,(H2,30,35)(H,31,38). The van der Waals surface area contributed by atoms with Crippen molar-refractivity contribution in [3.8, 4) is 0 Å². The Labute approximate surface area is 233 Å². The van der Waals surface area contributed by atoms with Gasteiger partial charge in [0.2, 0.25) is 17.7 Å². The summed E-state index contributed by atoms with van der Waals surface area (Å²) >= 11 is 0. The molecule has 0 saturated carbocycles. The van der Waals surface area contributed by atoms with E-state index < -0.39 is 23.6 Å². The van der Waals surface area contributed by atoms with E-state index in [4.69, 9.17) is 10.5 Å². The van der Waals surface area contributed by atoms with E-state index in [0.29, 0.717) is 39.0 Å². The van der Waals surface area contributed by atoms with E-state index in [9.17, 15) is 19.2 Å². The van der Waals surface area contributed by atoms with Crippen molar-refractivity contribution in [1.82, 2.24) is 20.0 Å². The topological polar surface area (TPSA) is 125 Å². The lowest BCUT2D eigenvalue weighted by Gasteiger charge is -2.53. The number of ether oxygens (including phenoxy) is 1. The molecule has 2 rings (SSSR count). The quantitative estimate of drug-likeness (QED) is 0.307. The number of imide groups is 1. The van der Waals surface area contributed by atoms with Gasteiger partial charge in [-0.2, -0.15) is 0 Å². The average Bonchev–Trinajstić information content (AvgIpc) is 2.91. The number of carbonyl (C=O) groups excluding carboxylic acids is 4. The van der Waals surface area contributed by atoms with Crippen LogP contribution in [0.2, 0.25) is 0 Å². The Kier molecular flexibility index (Phi) is 12.4. The molecule has 0 aromatic heterocycles. The van der Waals surface area contributed by atoms with Gasteiger partial charge in [0.25, 0.3) is 0 Å². The third-order valence-electron chi connectivity index (χ3n) is 7.80. The average molecular weight is 546 g/mol. The molecule has 0 aliphatic carbocycles. The Balaban J connectivity index is 2.12. The van der Waals surface area contributed by atoms with Crippen LogP contribution in [0, 0.1) is 12.3 Å². The van der Waals surface area contributed by atoms with Crippen molar-refractivity contribution in [2.75, 3.05) is 39.3 Å². The van der Waals surface area contributed by atoms with Gasteiger partial charge in [0, 0.05) is 19.6 Å². The number of primary amides is 1. The van der Waals surface area contributed by atoms with Crippen molar-refractivity contribution in [2.45, 2.75) is 79.5 Å². The molecule has 39 heavy (non-hydrogen) atoms. The van der Waals surface area contributed by atoms with Crippen molar-refractivity contribution in [2.24, 2.45) is 11.1 Å². The zero-order chi connectivity index (χ0) is 29.2. The molecule has 0 radical (unpaired) electrons. The van der Waals surface area contributed by atoms with Crippen LogP contribution in [0.25, 0.3) is 0 Å². The summed E-state index contributed by atoms with van der Waals surface area (Å²) < 4.78 is 6.05. The monoisotopic (exact) mass is 545 g/mol. The molecule has 10 nitrogen and oxygen atoms in total. The van der Waals surface area contributed by atoms with Crippen LogP contribution in [-0.2, 0) is 19.1 Å². The molecular formula is C29H47N5O5. The molecule has 1 aromatic rings. The van der Waals surface area contributed by atoms with Crippen LogP contribution in [0.5, 0.6) is 0 Å². The number of hydrogen-bond acceptors (Lipinski definition) is 6. The third-order valence-corrected chi connectivity index (χ3v) is 7.80. The number of urea groups is 1. The highest BCUT2D eigenvalue weighted by atomic mass is 16.5. The molecule has 3 N–H and O–H groups in total. The van der Waals surface area contributed by atoms with Crippen molar-refractivity contribution in [3.05, 3.63) is 35.4 Å². The number of likely N-dealkylation sites (tertiary alicyclic amines) is 1. The van der Waals surface area contributed by atoms with Crippen LogP contribution in [0.1, 0.15) is 77.5 Å². The van der Waals surface area contributed by atoms with E-state index in [1.165, 1.54) is 0 Å². The summed E-state index contributed by atoms with van der Waals surface area (Å²) in [4.78, 5) is 55.7. The number of carbonyl (C=O) groups is 4. The second kappa shape index (κ2) is 15.0. The van der Waals surface area contributed by atoms with Crippen LogP contribution in [0.3, 0.4) is 0 Å². The normalized spacial score (nSPS) is 17.1. The highest BCUT2D eigenvalue weighted by Gasteiger charge is 2.62. The summed E-state index contributed by atoms with van der Waals surface area (Å²) in [6.45, 7) is 13.5. The van der Waals surface area contributed by atoms with Gasteiger partial charge >= 0.3 is 6.03 Å². The minimum absolute atomic E-state index is 0.129. The van der Waals surface area contributed by atoms with Gasteiger partial charge in [0.05, 0.1) is 18.0 Å². The molecule has 0 bridgehead atoms. The lowest BCUT2D eigenvalue weighted by atomic mass is 9.72. The molecule has 2 atom stereocenters. The van der Waals surface area contributed by atoms with Crippen molar-refractivity contribution >= 4 is 23.8 Å². The van der Waals surface area contributed by atoms with Crippen LogP contribution in [0.4, 0.5) is 4.79 Å². The number of benzene rings is 1. The molecule has 2 unspecified atom stereocenters. The Morgan fingerprint density at radius 1 is 1.05 bits per heavy atom. The van der Waals surface area contributed by atoms with E-state index in [2.05, 4.69) is 5.32 Å². The van der Waals surface area contributed by atoms with Gasteiger partial charge in [-0.15, -0.1) is 0 Å². The first-order valence-electron chi connectivity index (χ1n) is 14.2. The third kappa shape index (κ3) is 7.79. The van der Waals surface area contributed by atoms with Gasteiger partial charge < -0.3 is 20.7 Å². The number of nitrogens with one attached hydrogen (secondary N) is 1. The Morgan fingerprint density at radius 3 is 2.21 bits per heavy atom. The van der Waals surface area contributed by atoms with Gasteiger partial charge in [-0.3, -0.25) is 19.3 Å². The van der Waals surface area contributed by atoms with E-state index in [0.717, 1.165) is 28.9 Å². The zero-order valence-corrected chi connectivity index (χ0v) is 24.5. The maximum absolute atomic E-state index is 13.4. The number of hydrogen-bond donors (Lipinski definition) is 2. The fraction of sp³-hybridized carbons (Fsp3) is 0.655. The summed E-state index contributed by atoms with van der Waals surface area (Å²) in [7, 11) is 0. The Morgan fingerprint density at radius 2 is 1.69 bits per heavy atom. The van der Waals surface area contributed by atoms with Gasteiger partial charge in [0.1, 0.15) is 6.61 Å². The van der Waals surface area contributed by atoms with Crippen LogP contribution >= 0.6 is 0 Å². The molecule has 1 fully saturated rings. The Bertz CT molecular complexity index is 979. The summed E-state index contributed by atoms with van der Waals surface area (Å²) in [6.07, 6.45) is 1.75. The van der Waals surface area contributed by atoms with E-state index in [-0.39, 0.29) is 31.0 Å². The fourth-order valence-corrected chi connectivity index (χ4v) is 5.13. The van der Waals surface area contributed by atoms with Gasteiger partial charge in [-0.25, -0.2) is 9.69 Å². The molecule has 218 valence electrons. The minimum Gasteiger partial charge on any atom is -0.369 e. The van der Waals surface area contributed by atoms with Crippen molar-refractivity contribution in [1.29, 1.82) is 0 Å². The number of amides is 5. The minimum atomic E-state index is -0.848. The maximum atomic E-state index is 13.4. The van der Waals surface area contributed by atoms with Crippen LogP contribution in [0.15, 0.2) is 24.3 Å². The summed E-state index contributed by atoms with van der Waals surface area (Å²) in [6, 6.07) is 7.24. The summed E-state index contributed by atoms with van der Waals surface area (Å²) in [5, 5.41) is 3.03. The molecule has 1 aliphatic rings. The first-order valence-corrected chi connectivity index (χ1v) is 14.2. The summed E-state index contributed by atoms with van der Waals surface area (Å²) in [5.41, 5.74) is 6.57. The van der Waals surface area contributed by atoms with Crippen LogP contribution in [-0.4, -0.2) is 84.0 Å². The molecule has 10 heteroatoms. The Hall–Kier alpha value is -2.98. The number of β-lactam (4-membered cyclic amide) rings is 1. The molecule has 1 heterocycles. The summed E-state index contributed by atoms with van der Waals surface area (Å²) in [5.74, 6) is -0.933. The second-order valence-electron chi connectivity index (χ2n) is 10.2. The fourth-order valence-electron chi connectivity index (χ4n) is 5.13. The largest absolute Gasteiger partial charge is 0.369 e. The van der Waals surface area contributed by atoms with E-state index >= 15 is 0 Å². The number of likely N-dealkylation sites (N-methyl/N-ethyl adjacent to an activating group) is 2. The number of rotatable bonds is 16. The lowest BCUT2D eigenvalue weighted by molar-refractivity contribution is -0.212. The van der Waals surface area contributed by atoms with Gasteiger partial charge in [-0.05, 0) is 45.2 Å². The SMILES string of the molecule is CCCC(NC(=O)N1C(=O)C(CC)(CC)C1OCC(=O)N(CC)CCN(CC)CC(N)=O)c1ccc(C)cc1. The zero-order valence-electron chi connectivity index (χ0n) is 24.5. The first-order chi connectivity index (χ1) is 18.6. The second-order valence-corrected chi connectivity index (χ2v) is 10.2. The predicted molar refractivity (Wildman–Crippen MR) is 151 cm³/mol. The lowest BCUT2D eigenvalue weighted by Crippen LogP contribution is -2.72. The molecule has 0 spiro atoms. The predicted octanol–water partition coefficient (Wildman–Crippen LogP) is 3.19. The number of nitrogens with two attached hydrogens (primary N) is 1. The van der Waals surface area contributed by atoms with Crippen molar-refractivity contribution < 1.29 is 23.9 Å². The molecule has 5 amide bonds.